The van der Waals surface area contributed by atoms with E-state index in [1.54, 1.807) is 6.92 Å². The Labute approximate surface area is 47.0 Å². The van der Waals surface area contributed by atoms with Crippen molar-refractivity contribution in [1.29, 1.82) is 0 Å². The molecule has 0 amide bonds. The van der Waals surface area contributed by atoms with Crippen LogP contribution in [0.3, 0.4) is 0 Å². The van der Waals surface area contributed by atoms with E-state index >= 15 is 0 Å². The molecule has 0 aromatic heterocycles. The van der Waals surface area contributed by atoms with Crippen LogP contribution in [0.25, 0.3) is 0 Å². The zero-order chi connectivity index (χ0) is 8.15. The molecule has 0 aliphatic heterocycles. The third kappa shape index (κ3) is 3.03. The second-order valence-corrected chi connectivity index (χ2v) is 0.845. The number of rotatable bonds is 2. The molecule has 0 heterocycles. The first kappa shape index (κ1) is 2.50. The van der Waals surface area contributed by atoms with Gasteiger partial charge in [-0.15, -0.1) is 0 Å². The van der Waals surface area contributed by atoms with Crippen molar-refractivity contribution in [2.45, 2.75) is 6.92 Å². The van der Waals surface area contributed by atoms with E-state index in [1.165, 1.54) is 0 Å². The summed E-state index contributed by atoms with van der Waals surface area (Å²) >= 11 is 0. The third-order valence-electron chi connectivity index (χ3n) is 0.377. The Morgan fingerprint density at radius 3 is 3.57 bits per heavy atom. The van der Waals surface area contributed by atoms with Gasteiger partial charge >= 0.3 is 5.97 Å². The van der Waals surface area contributed by atoms with Crippen molar-refractivity contribution in [2.75, 3.05) is 6.61 Å². The van der Waals surface area contributed by atoms with Crippen LogP contribution in [0.2, 0.25) is 0 Å². The first-order valence-corrected chi connectivity index (χ1v) is 1.90. The van der Waals surface area contributed by atoms with Crippen LogP contribution in [-0.2, 0) is 9.53 Å². The van der Waals surface area contributed by atoms with Gasteiger partial charge < -0.3 is 4.74 Å². The van der Waals surface area contributed by atoms with Crippen molar-refractivity contribution in [3.8, 4) is 0 Å². The second kappa shape index (κ2) is 3.40. The Morgan fingerprint density at radius 1 is 2.43 bits per heavy atom. The average molecular weight is 103 g/mol. The van der Waals surface area contributed by atoms with Gasteiger partial charge in [-0.3, -0.25) is 0 Å². The molecule has 2 nitrogen and oxygen atoms in total. The quantitative estimate of drug-likeness (QED) is 0.380. The lowest BCUT2D eigenvalue weighted by atomic mass is 10.6. The summed E-state index contributed by atoms with van der Waals surface area (Å²) in [5.74, 6) is -0.914. The molecule has 0 fully saturated rings. The molecule has 0 aliphatic carbocycles. The molecular formula is C5H8O2. The first-order valence-electron chi connectivity index (χ1n) is 3.40. The molecule has 0 aromatic carbocycles. The highest BCUT2D eigenvalue weighted by atomic mass is 16.5. The Balaban J connectivity index is 4.09. The summed E-state index contributed by atoms with van der Waals surface area (Å²) in [6.07, 6.45) is 0. The molecule has 0 saturated carbocycles. The molecule has 0 saturated heterocycles. The van der Waals surface area contributed by atoms with E-state index in [9.17, 15) is 4.79 Å². The molecule has 40 valence electrons. The molecule has 0 aliphatic rings. The summed E-state index contributed by atoms with van der Waals surface area (Å²) in [4.78, 5) is 10.5. The van der Waals surface area contributed by atoms with Gasteiger partial charge in [0.05, 0.1) is 10.7 Å². The Bertz CT molecular complexity index is 160. The molecule has 0 rings (SSSR count). The van der Waals surface area contributed by atoms with E-state index in [1.807, 2.05) is 0 Å². The maximum absolute atomic E-state index is 10.5. The number of carbonyl (C=O) groups excluding carboxylic acids is 1. The summed E-state index contributed by atoms with van der Waals surface area (Å²) in [5, 5.41) is 0. The lowest BCUT2D eigenvalue weighted by molar-refractivity contribution is -0.137. The smallest absolute Gasteiger partial charge is 0.330 e. The summed E-state index contributed by atoms with van der Waals surface area (Å²) < 4.78 is 24.2. The number of hydrogen-bond acceptors (Lipinski definition) is 2. The van der Waals surface area contributed by atoms with Gasteiger partial charge in [-0.25, -0.2) is 4.79 Å². The fourth-order valence-corrected chi connectivity index (χ4v) is 0.167. The lowest BCUT2D eigenvalue weighted by Crippen LogP contribution is -1.97. The highest BCUT2D eigenvalue weighted by Gasteiger charge is 1.86. The van der Waals surface area contributed by atoms with Crippen molar-refractivity contribution in [3.05, 3.63) is 12.6 Å². The monoisotopic (exact) mass is 103 g/mol. The van der Waals surface area contributed by atoms with Crippen molar-refractivity contribution in [3.63, 3.8) is 0 Å². The van der Waals surface area contributed by atoms with Gasteiger partial charge in [0.25, 0.3) is 0 Å². The second-order valence-electron chi connectivity index (χ2n) is 0.845. The Morgan fingerprint density at radius 2 is 3.14 bits per heavy atom. The molecule has 0 radical (unpaired) electrons. The molecule has 7 heavy (non-hydrogen) atoms. The minimum Gasteiger partial charge on any atom is -0.463 e. The van der Waals surface area contributed by atoms with Gasteiger partial charge in [-0.2, -0.15) is 0 Å². The largest absolute Gasteiger partial charge is 0.463 e. The maximum Gasteiger partial charge on any atom is 0.330 e. The molecule has 0 unspecified atom stereocenters. The predicted octanol–water partition coefficient (Wildman–Crippen LogP) is 0.736. The number of ether oxygens (including phenoxy) is 1. The lowest BCUT2D eigenvalue weighted by Gasteiger charge is -1.90. The summed E-state index contributed by atoms with van der Waals surface area (Å²) in [7, 11) is 0. The molecule has 2 heteroatoms. The fourth-order valence-electron chi connectivity index (χ4n) is 0.167. The molecular weight excluding hydrogens is 92.1 g/mol. The van der Waals surface area contributed by atoms with Gasteiger partial charge in [0.2, 0.25) is 0 Å². The van der Waals surface area contributed by atoms with Gasteiger partial charge in [-0.05, 0) is 6.92 Å². The molecule has 0 N–H and O–H groups in total. The molecule has 0 aromatic rings. The summed E-state index contributed by atoms with van der Waals surface area (Å²) in [5.41, 5.74) is 0. The number of hydrogen-bond donors (Lipinski definition) is 0. The van der Waals surface area contributed by atoms with Crippen LogP contribution in [0.15, 0.2) is 12.6 Å². The minimum atomic E-state index is -0.914. The predicted molar refractivity (Wildman–Crippen MR) is 26.8 cm³/mol. The normalized spacial score (nSPS) is 13.0. The fraction of sp³-hybridized carbons (Fsp3) is 0.400. The Hall–Kier alpha value is -0.790. The van der Waals surface area contributed by atoms with Gasteiger partial charge in [-0.1, -0.05) is 6.53 Å². The van der Waals surface area contributed by atoms with Gasteiger partial charge in [0.1, 0.15) is 0 Å². The van der Waals surface area contributed by atoms with Gasteiger partial charge in [0.15, 0.2) is 0 Å². The van der Waals surface area contributed by atoms with Crippen LogP contribution in [0.1, 0.15) is 11.0 Å². The SMILES string of the molecule is [2H]C([2H])=C([2H])C(=O)OCC. The molecule has 0 bridgehead atoms. The third-order valence-corrected chi connectivity index (χ3v) is 0.377. The first-order chi connectivity index (χ1) is 4.59. The van der Waals surface area contributed by atoms with Crippen molar-refractivity contribution < 1.29 is 13.6 Å². The van der Waals surface area contributed by atoms with E-state index in [0.717, 1.165) is 0 Å². The topological polar surface area (TPSA) is 26.3 Å². The average Bonchev–Trinajstić information content (AvgIpc) is 1.87. The Kier molecular flexibility index (Phi) is 1.22. The molecule has 0 atom stereocenters. The minimum absolute atomic E-state index is 0.161. The van der Waals surface area contributed by atoms with E-state index in [2.05, 4.69) is 4.74 Å². The van der Waals surface area contributed by atoms with Crippen LogP contribution in [-0.4, -0.2) is 12.6 Å². The highest BCUT2D eigenvalue weighted by molar-refractivity contribution is 5.81. The van der Waals surface area contributed by atoms with Crippen molar-refractivity contribution in [2.24, 2.45) is 0 Å². The van der Waals surface area contributed by atoms with E-state index < -0.39 is 18.6 Å². The zero-order valence-electron chi connectivity index (χ0n) is 7.02. The van der Waals surface area contributed by atoms with E-state index in [4.69, 9.17) is 4.11 Å². The van der Waals surface area contributed by atoms with Crippen LogP contribution in [0, 0.1) is 0 Å². The van der Waals surface area contributed by atoms with Crippen molar-refractivity contribution >= 4 is 5.97 Å². The zero-order valence-corrected chi connectivity index (χ0v) is 4.02. The van der Waals surface area contributed by atoms with Crippen LogP contribution < -0.4 is 0 Å². The number of esters is 1. The van der Waals surface area contributed by atoms with E-state index in [0.29, 0.717) is 0 Å². The number of carbonyl (C=O) groups is 1. The summed E-state index contributed by atoms with van der Waals surface area (Å²) in [6, 6.07) is -0.707. The standard InChI is InChI=1S/C5H8O2/c1-3-5(6)7-4-2/h3H,1,4H2,2H3/i1D2,3D. The summed E-state index contributed by atoms with van der Waals surface area (Å²) in [6.45, 7) is 0.936. The maximum atomic E-state index is 10.5. The van der Waals surface area contributed by atoms with Gasteiger partial charge in [0, 0.05) is 6.05 Å². The highest BCUT2D eigenvalue weighted by Crippen LogP contribution is 1.74. The molecule has 0 spiro atoms. The van der Waals surface area contributed by atoms with Crippen LogP contribution in [0.4, 0.5) is 0 Å². The van der Waals surface area contributed by atoms with E-state index in [-0.39, 0.29) is 6.61 Å². The van der Waals surface area contributed by atoms with Crippen LogP contribution in [0.5, 0.6) is 0 Å². The van der Waals surface area contributed by atoms with Crippen LogP contribution >= 0.6 is 0 Å². The van der Waals surface area contributed by atoms with Crippen molar-refractivity contribution in [1.82, 2.24) is 0 Å².